The number of hydrogen-bond acceptors (Lipinski definition) is 3. The molecule has 0 aliphatic carbocycles. The molecule has 1 aromatic carbocycles. The first-order valence-electron chi connectivity index (χ1n) is 6.11. The Balaban J connectivity index is 1.99. The molecular formula is C15H19NOS. The quantitative estimate of drug-likeness (QED) is 0.881. The van der Waals surface area contributed by atoms with Gasteiger partial charge in [-0.25, -0.2) is 0 Å². The summed E-state index contributed by atoms with van der Waals surface area (Å²) >= 11 is 1.81. The summed E-state index contributed by atoms with van der Waals surface area (Å²) in [7, 11) is 1.70. The first-order chi connectivity index (χ1) is 8.70. The first-order valence-corrected chi connectivity index (χ1v) is 6.99. The second-order valence-corrected chi connectivity index (χ2v) is 5.41. The van der Waals surface area contributed by atoms with Gasteiger partial charge in [-0.1, -0.05) is 12.1 Å². The maximum absolute atomic E-state index is 5.25. The van der Waals surface area contributed by atoms with Gasteiger partial charge in [-0.15, -0.1) is 11.3 Å². The molecule has 0 bridgehead atoms. The van der Waals surface area contributed by atoms with Gasteiger partial charge in [-0.05, 0) is 48.6 Å². The minimum atomic E-state index is 0.321. The third-order valence-corrected chi connectivity index (χ3v) is 4.15. The fourth-order valence-electron chi connectivity index (χ4n) is 1.86. The Morgan fingerprint density at radius 1 is 1.33 bits per heavy atom. The largest absolute Gasteiger partial charge is 0.497 e. The van der Waals surface area contributed by atoms with Gasteiger partial charge in [0.2, 0.25) is 0 Å². The van der Waals surface area contributed by atoms with Crippen LogP contribution >= 0.6 is 11.3 Å². The van der Waals surface area contributed by atoms with Crippen molar-refractivity contribution in [3.8, 4) is 5.75 Å². The van der Waals surface area contributed by atoms with Crippen LogP contribution in [0.3, 0.4) is 0 Å². The van der Waals surface area contributed by atoms with Gasteiger partial charge < -0.3 is 10.1 Å². The van der Waals surface area contributed by atoms with E-state index >= 15 is 0 Å². The summed E-state index contributed by atoms with van der Waals surface area (Å²) in [6.07, 6.45) is 0. The van der Waals surface area contributed by atoms with Gasteiger partial charge in [0.15, 0.2) is 0 Å². The first kappa shape index (κ1) is 13.1. The highest BCUT2D eigenvalue weighted by atomic mass is 32.1. The van der Waals surface area contributed by atoms with Crippen LogP contribution in [-0.2, 0) is 6.54 Å². The lowest BCUT2D eigenvalue weighted by molar-refractivity contribution is 0.413. The highest BCUT2D eigenvalue weighted by Crippen LogP contribution is 2.20. The van der Waals surface area contributed by atoms with E-state index in [-0.39, 0.29) is 0 Å². The Hall–Kier alpha value is -1.32. The lowest BCUT2D eigenvalue weighted by atomic mass is 10.1. The molecule has 1 heterocycles. The van der Waals surface area contributed by atoms with E-state index < -0.39 is 0 Å². The van der Waals surface area contributed by atoms with Gasteiger partial charge >= 0.3 is 0 Å². The second-order valence-electron chi connectivity index (χ2n) is 4.41. The van der Waals surface area contributed by atoms with Crippen LogP contribution in [-0.4, -0.2) is 7.11 Å². The molecule has 0 unspecified atom stereocenters. The molecule has 0 amide bonds. The Labute approximate surface area is 113 Å². The van der Waals surface area contributed by atoms with Crippen molar-refractivity contribution in [2.24, 2.45) is 0 Å². The highest BCUT2D eigenvalue weighted by molar-refractivity contribution is 7.10. The van der Waals surface area contributed by atoms with E-state index in [2.05, 4.69) is 42.7 Å². The molecule has 2 aromatic rings. The number of nitrogens with one attached hydrogen (secondary N) is 1. The number of thiophene rings is 1. The molecule has 0 aliphatic heterocycles. The van der Waals surface area contributed by atoms with Crippen LogP contribution in [0.4, 0.5) is 0 Å². The minimum Gasteiger partial charge on any atom is -0.497 e. The molecular weight excluding hydrogens is 242 g/mol. The van der Waals surface area contributed by atoms with E-state index in [0.29, 0.717) is 6.04 Å². The average molecular weight is 261 g/mol. The van der Waals surface area contributed by atoms with Crippen molar-refractivity contribution in [3.63, 3.8) is 0 Å². The molecule has 0 spiro atoms. The average Bonchev–Trinajstić information content (AvgIpc) is 2.81. The molecule has 1 aromatic heterocycles. The molecule has 1 atom stereocenters. The van der Waals surface area contributed by atoms with E-state index in [1.54, 1.807) is 7.11 Å². The number of ether oxygens (including phenoxy) is 1. The molecule has 0 radical (unpaired) electrons. The van der Waals surface area contributed by atoms with Crippen LogP contribution in [0.5, 0.6) is 5.75 Å². The fraction of sp³-hybridized carbons (Fsp3) is 0.333. The van der Waals surface area contributed by atoms with Gasteiger partial charge in [-0.3, -0.25) is 0 Å². The molecule has 0 aliphatic rings. The van der Waals surface area contributed by atoms with Crippen LogP contribution in [0.1, 0.15) is 29.0 Å². The molecule has 0 fully saturated rings. The summed E-state index contributed by atoms with van der Waals surface area (Å²) < 4.78 is 5.25. The summed E-state index contributed by atoms with van der Waals surface area (Å²) in [5.74, 6) is 0.911. The molecule has 2 nitrogen and oxygen atoms in total. The van der Waals surface area contributed by atoms with Crippen molar-refractivity contribution in [3.05, 3.63) is 51.7 Å². The Kier molecular flexibility index (Phi) is 4.39. The molecule has 1 N–H and O–H groups in total. The van der Waals surface area contributed by atoms with Crippen LogP contribution in [0.2, 0.25) is 0 Å². The van der Waals surface area contributed by atoms with Crippen molar-refractivity contribution in [1.82, 2.24) is 5.32 Å². The van der Waals surface area contributed by atoms with Gasteiger partial charge in [0.25, 0.3) is 0 Å². The maximum Gasteiger partial charge on any atom is 0.119 e. The van der Waals surface area contributed by atoms with Gasteiger partial charge in [0, 0.05) is 17.5 Å². The topological polar surface area (TPSA) is 21.3 Å². The van der Waals surface area contributed by atoms with Crippen molar-refractivity contribution < 1.29 is 4.74 Å². The molecule has 0 saturated heterocycles. The number of hydrogen-bond donors (Lipinski definition) is 1. The number of methoxy groups -OCH3 is 1. The van der Waals surface area contributed by atoms with E-state index in [1.165, 1.54) is 16.0 Å². The Bertz CT molecular complexity index is 507. The molecule has 0 saturated carbocycles. The molecule has 18 heavy (non-hydrogen) atoms. The predicted molar refractivity (Wildman–Crippen MR) is 77.3 cm³/mol. The summed E-state index contributed by atoms with van der Waals surface area (Å²) in [6, 6.07) is 10.7. The van der Waals surface area contributed by atoms with E-state index in [9.17, 15) is 0 Å². The third kappa shape index (κ3) is 3.12. The summed E-state index contributed by atoms with van der Waals surface area (Å²) in [5.41, 5.74) is 2.62. The summed E-state index contributed by atoms with van der Waals surface area (Å²) in [4.78, 5) is 1.41. The molecule has 3 heteroatoms. The number of aryl methyl sites for hydroxylation is 1. The van der Waals surface area contributed by atoms with Gasteiger partial charge in [0.1, 0.15) is 5.75 Å². The standard InChI is InChI=1S/C15H19NOS/c1-11-7-8-18-15(11)10-16-12(2)13-5-4-6-14(9-13)17-3/h4-9,12,16H,10H2,1-3H3/t12-/m1/s1. The number of benzene rings is 1. The maximum atomic E-state index is 5.25. The highest BCUT2D eigenvalue weighted by Gasteiger charge is 2.07. The summed E-state index contributed by atoms with van der Waals surface area (Å²) in [6.45, 7) is 5.25. The Morgan fingerprint density at radius 3 is 2.83 bits per heavy atom. The van der Waals surface area contributed by atoms with Crippen LogP contribution in [0, 0.1) is 6.92 Å². The van der Waals surface area contributed by atoms with Gasteiger partial charge in [-0.2, -0.15) is 0 Å². The monoisotopic (exact) mass is 261 g/mol. The predicted octanol–water partition coefficient (Wildman–Crippen LogP) is 3.92. The van der Waals surface area contributed by atoms with Crippen molar-refractivity contribution in [2.45, 2.75) is 26.4 Å². The molecule has 2 rings (SSSR count). The zero-order chi connectivity index (χ0) is 13.0. The zero-order valence-electron chi connectivity index (χ0n) is 11.1. The lowest BCUT2D eigenvalue weighted by Crippen LogP contribution is -2.17. The van der Waals surface area contributed by atoms with Crippen LogP contribution in [0.25, 0.3) is 0 Å². The van der Waals surface area contributed by atoms with Crippen molar-refractivity contribution in [2.75, 3.05) is 7.11 Å². The second kappa shape index (κ2) is 6.03. The van der Waals surface area contributed by atoms with Crippen molar-refractivity contribution in [1.29, 1.82) is 0 Å². The van der Waals surface area contributed by atoms with Crippen molar-refractivity contribution >= 4 is 11.3 Å². The minimum absolute atomic E-state index is 0.321. The van der Waals surface area contributed by atoms with Gasteiger partial charge in [0.05, 0.1) is 7.11 Å². The van der Waals surface area contributed by atoms with E-state index in [1.807, 2.05) is 23.5 Å². The number of rotatable bonds is 5. The van der Waals surface area contributed by atoms with Crippen LogP contribution < -0.4 is 10.1 Å². The smallest absolute Gasteiger partial charge is 0.119 e. The lowest BCUT2D eigenvalue weighted by Gasteiger charge is -2.15. The molecule has 96 valence electrons. The Morgan fingerprint density at radius 2 is 2.17 bits per heavy atom. The normalized spacial score (nSPS) is 12.4. The SMILES string of the molecule is COc1cccc([C@@H](C)NCc2sccc2C)c1. The summed E-state index contributed by atoms with van der Waals surface area (Å²) in [5, 5.41) is 5.69. The fourth-order valence-corrected chi connectivity index (χ4v) is 2.72. The third-order valence-electron chi connectivity index (χ3n) is 3.13. The van der Waals surface area contributed by atoms with E-state index in [4.69, 9.17) is 4.74 Å². The van der Waals surface area contributed by atoms with E-state index in [0.717, 1.165) is 12.3 Å². The zero-order valence-corrected chi connectivity index (χ0v) is 11.9. The van der Waals surface area contributed by atoms with Crippen LogP contribution in [0.15, 0.2) is 35.7 Å².